The van der Waals surface area contributed by atoms with Crippen molar-refractivity contribution in [2.24, 2.45) is 0 Å². The van der Waals surface area contributed by atoms with Crippen LogP contribution in [0.25, 0.3) is 58.8 Å². The maximum Gasteiger partial charge on any atom is 0.0543 e. The zero-order valence-electron chi connectivity index (χ0n) is 29.4. The largest absolute Gasteiger partial charge is 0.310 e. The summed E-state index contributed by atoms with van der Waals surface area (Å²) in [6.07, 6.45) is 10.1. The van der Waals surface area contributed by atoms with Crippen molar-refractivity contribution in [3.63, 3.8) is 0 Å². The molecule has 1 heterocycles. The van der Waals surface area contributed by atoms with Crippen molar-refractivity contribution in [1.82, 2.24) is 0 Å². The minimum atomic E-state index is -0.0747. The first-order valence-electron chi connectivity index (χ1n) is 18.5. The van der Waals surface area contributed by atoms with Gasteiger partial charge < -0.3 is 4.90 Å². The molecule has 1 nitrogen and oxygen atoms in total. The highest BCUT2D eigenvalue weighted by molar-refractivity contribution is 7.26. The Morgan fingerprint density at radius 1 is 0.615 bits per heavy atom. The van der Waals surface area contributed by atoms with E-state index in [1.807, 2.05) is 11.3 Å². The zero-order chi connectivity index (χ0) is 34.6. The number of hydrogen-bond acceptors (Lipinski definition) is 2. The summed E-state index contributed by atoms with van der Waals surface area (Å²) in [5, 5.41) is 5.45. The molecule has 8 aromatic rings. The molecule has 11 rings (SSSR count). The summed E-state index contributed by atoms with van der Waals surface area (Å²) in [5.74, 6) is 0. The monoisotopic (exact) mass is 683 g/mol. The molecule has 0 unspecified atom stereocenters. The average molecular weight is 684 g/mol. The third-order valence-electron chi connectivity index (χ3n) is 11.9. The smallest absolute Gasteiger partial charge is 0.0543 e. The van der Waals surface area contributed by atoms with Crippen molar-refractivity contribution in [2.45, 2.75) is 38.5 Å². The summed E-state index contributed by atoms with van der Waals surface area (Å²) in [4.78, 5) is 2.50. The van der Waals surface area contributed by atoms with Gasteiger partial charge in [-0.05, 0) is 117 Å². The van der Waals surface area contributed by atoms with Crippen LogP contribution in [0.3, 0.4) is 0 Å². The van der Waals surface area contributed by atoms with E-state index < -0.39 is 0 Å². The quantitative estimate of drug-likeness (QED) is 0.178. The fourth-order valence-electron chi connectivity index (χ4n) is 9.42. The molecule has 1 aromatic heterocycles. The van der Waals surface area contributed by atoms with Crippen LogP contribution >= 0.6 is 11.3 Å². The van der Waals surface area contributed by atoms with Crippen molar-refractivity contribution in [3.8, 4) is 22.3 Å². The van der Waals surface area contributed by atoms with E-state index in [4.69, 9.17) is 0 Å². The van der Waals surface area contributed by atoms with Gasteiger partial charge in [0.2, 0.25) is 0 Å². The molecular weight excluding hydrogens is 647 g/mol. The number of fused-ring (bicyclic) bond motifs is 12. The predicted molar refractivity (Wildman–Crippen MR) is 224 cm³/mol. The molecule has 0 amide bonds. The molecule has 0 N–H and O–H groups in total. The van der Waals surface area contributed by atoms with Crippen LogP contribution < -0.4 is 4.90 Å². The van der Waals surface area contributed by atoms with E-state index in [9.17, 15) is 0 Å². The number of benzene rings is 7. The second-order valence-electron chi connectivity index (χ2n) is 15.1. The van der Waals surface area contributed by atoms with E-state index in [1.165, 1.54) is 104 Å². The SMILES string of the molecule is CC1(C)c2ccccc2-c2c(N(c3ccc(C4=CCCC=C4)cc3)c3ccc4c(c3)sc3ccc5c(c34)-c3ccc4ccccc4c3C5)cccc21. The molecule has 248 valence electrons. The highest BCUT2D eigenvalue weighted by Crippen LogP contribution is 2.55. The minimum absolute atomic E-state index is 0.0747. The number of hydrogen-bond donors (Lipinski definition) is 0. The molecular formula is C50H37NS. The third kappa shape index (κ3) is 4.28. The van der Waals surface area contributed by atoms with E-state index in [2.05, 4.69) is 170 Å². The molecule has 2 heteroatoms. The first-order chi connectivity index (χ1) is 25.5. The summed E-state index contributed by atoms with van der Waals surface area (Å²) >= 11 is 1.92. The molecule has 3 aliphatic carbocycles. The molecule has 0 spiro atoms. The van der Waals surface area contributed by atoms with Crippen LogP contribution in [-0.4, -0.2) is 0 Å². The Kier molecular flexibility index (Phi) is 6.43. The Hall–Kier alpha value is -5.70. The molecule has 0 fully saturated rings. The molecule has 0 radical (unpaired) electrons. The van der Waals surface area contributed by atoms with E-state index in [1.54, 1.807) is 0 Å². The average Bonchev–Trinajstić information content (AvgIpc) is 3.83. The molecule has 3 aliphatic rings. The maximum absolute atomic E-state index is 2.50. The first kappa shape index (κ1) is 30.0. The maximum atomic E-state index is 2.50. The summed E-state index contributed by atoms with van der Waals surface area (Å²) in [7, 11) is 0. The van der Waals surface area contributed by atoms with Crippen molar-refractivity contribution in [2.75, 3.05) is 4.90 Å². The molecule has 0 atom stereocenters. The predicted octanol–water partition coefficient (Wildman–Crippen LogP) is 14.3. The second kappa shape index (κ2) is 11.1. The van der Waals surface area contributed by atoms with Crippen molar-refractivity contribution in [1.29, 1.82) is 0 Å². The normalized spacial score (nSPS) is 15.1. The molecule has 0 aliphatic heterocycles. The Labute approximate surface area is 308 Å². The Morgan fingerprint density at radius 2 is 1.44 bits per heavy atom. The summed E-state index contributed by atoms with van der Waals surface area (Å²) in [6, 6.07) is 50.6. The number of anilines is 3. The van der Waals surface area contributed by atoms with Gasteiger partial charge in [0.1, 0.15) is 0 Å². The van der Waals surface area contributed by atoms with Gasteiger partial charge in [-0.15, -0.1) is 11.3 Å². The van der Waals surface area contributed by atoms with E-state index in [0.717, 1.165) is 19.3 Å². The summed E-state index contributed by atoms with van der Waals surface area (Å²) in [5.41, 5.74) is 17.3. The van der Waals surface area contributed by atoms with Crippen LogP contribution in [0.2, 0.25) is 0 Å². The van der Waals surface area contributed by atoms with Gasteiger partial charge in [-0.3, -0.25) is 0 Å². The lowest BCUT2D eigenvalue weighted by atomic mass is 9.82. The zero-order valence-corrected chi connectivity index (χ0v) is 30.2. The van der Waals surface area contributed by atoms with Gasteiger partial charge in [-0.25, -0.2) is 0 Å². The summed E-state index contributed by atoms with van der Waals surface area (Å²) in [6.45, 7) is 4.74. The van der Waals surface area contributed by atoms with Crippen LogP contribution in [0.5, 0.6) is 0 Å². The van der Waals surface area contributed by atoms with Crippen LogP contribution in [0.1, 0.15) is 54.5 Å². The summed E-state index contributed by atoms with van der Waals surface area (Å²) < 4.78 is 2.68. The Morgan fingerprint density at radius 3 is 2.33 bits per heavy atom. The number of allylic oxidation sites excluding steroid dienone is 4. The second-order valence-corrected chi connectivity index (χ2v) is 16.2. The van der Waals surface area contributed by atoms with Gasteiger partial charge in [0.15, 0.2) is 0 Å². The lowest BCUT2D eigenvalue weighted by molar-refractivity contribution is 0.660. The van der Waals surface area contributed by atoms with Gasteiger partial charge in [0, 0.05) is 42.5 Å². The fourth-order valence-corrected chi connectivity index (χ4v) is 10.6. The van der Waals surface area contributed by atoms with Gasteiger partial charge in [-0.2, -0.15) is 0 Å². The van der Waals surface area contributed by atoms with E-state index in [-0.39, 0.29) is 5.41 Å². The van der Waals surface area contributed by atoms with Crippen LogP contribution in [0.4, 0.5) is 17.1 Å². The highest BCUT2D eigenvalue weighted by Gasteiger charge is 2.37. The van der Waals surface area contributed by atoms with Gasteiger partial charge in [0.25, 0.3) is 0 Å². The topological polar surface area (TPSA) is 3.24 Å². The lowest BCUT2D eigenvalue weighted by Gasteiger charge is -2.29. The molecule has 0 bridgehead atoms. The molecule has 52 heavy (non-hydrogen) atoms. The van der Waals surface area contributed by atoms with Gasteiger partial charge >= 0.3 is 0 Å². The van der Waals surface area contributed by atoms with Crippen molar-refractivity contribution >= 4 is 64.9 Å². The molecule has 0 saturated heterocycles. The number of rotatable bonds is 4. The van der Waals surface area contributed by atoms with Crippen LogP contribution in [0, 0.1) is 0 Å². The molecule has 0 saturated carbocycles. The standard InChI is InChI=1S/C50H37NS/c1-50(2)42-16-9-8-15-39(42)48-43(50)17-10-18-44(48)51(35-23-19-32(20-24-35)31-11-4-3-5-12-31)36-25-27-40-46(30-36)52-45-28-22-34-29-41-37-14-7-6-13-33(37)21-26-38(41)47(34)49(40)45/h4,6-28,30H,3,5,29H2,1-2H3. The number of nitrogens with zero attached hydrogens (tertiary/aromatic N) is 1. The number of thiophene rings is 1. The van der Waals surface area contributed by atoms with Crippen LogP contribution in [-0.2, 0) is 11.8 Å². The van der Waals surface area contributed by atoms with Crippen molar-refractivity contribution < 1.29 is 0 Å². The van der Waals surface area contributed by atoms with E-state index >= 15 is 0 Å². The highest BCUT2D eigenvalue weighted by atomic mass is 32.1. The minimum Gasteiger partial charge on any atom is -0.310 e. The Bertz CT molecular complexity index is 2840. The van der Waals surface area contributed by atoms with Gasteiger partial charge in [0.05, 0.1) is 5.69 Å². The fraction of sp³-hybridized carbons (Fsp3) is 0.120. The van der Waals surface area contributed by atoms with E-state index in [0.29, 0.717) is 0 Å². The lowest BCUT2D eigenvalue weighted by Crippen LogP contribution is -2.16. The third-order valence-corrected chi connectivity index (χ3v) is 13.0. The first-order valence-corrected chi connectivity index (χ1v) is 19.4. The Balaban J connectivity index is 1.11. The van der Waals surface area contributed by atoms with Gasteiger partial charge in [-0.1, -0.05) is 129 Å². The van der Waals surface area contributed by atoms with Crippen molar-refractivity contribution in [3.05, 3.63) is 180 Å². The molecule has 7 aromatic carbocycles. The van der Waals surface area contributed by atoms with Crippen LogP contribution in [0.15, 0.2) is 152 Å².